The number of anilines is 1. The summed E-state index contributed by atoms with van der Waals surface area (Å²) < 4.78 is 1.10. The van der Waals surface area contributed by atoms with Gasteiger partial charge in [0.2, 0.25) is 5.91 Å². The molecule has 2 heterocycles. The average Bonchev–Trinajstić information content (AvgIpc) is 3.30. The Balaban J connectivity index is 1.32. The van der Waals surface area contributed by atoms with Gasteiger partial charge in [-0.05, 0) is 35.7 Å². The van der Waals surface area contributed by atoms with Gasteiger partial charge in [0.25, 0.3) is 0 Å². The van der Waals surface area contributed by atoms with Crippen molar-refractivity contribution in [3.63, 3.8) is 0 Å². The minimum atomic E-state index is -0.172. The Morgan fingerprint density at radius 2 is 1.90 bits per heavy atom. The van der Waals surface area contributed by atoms with Gasteiger partial charge >= 0.3 is 6.03 Å². The standard InChI is InChI=1S/C22H24N4O2S/c1-15(2)16-7-9-17(10-8-16)26-12-11-25(22(26)28)14-20(27)23-13-21-24-18-5-3-4-6-19(18)29-21/h3-10,15H,11-14H2,1-2H3,(H,23,27). The van der Waals surface area contributed by atoms with Crippen molar-refractivity contribution in [3.8, 4) is 0 Å². The summed E-state index contributed by atoms with van der Waals surface area (Å²) >= 11 is 1.57. The van der Waals surface area contributed by atoms with Crippen LogP contribution < -0.4 is 10.2 Å². The third-order valence-electron chi connectivity index (χ3n) is 5.08. The molecular weight excluding hydrogens is 384 g/mol. The van der Waals surface area contributed by atoms with E-state index in [0.29, 0.717) is 25.6 Å². The highest BCUT2D eigenvalue weighted by Crippen LogP contribution is 2.24. The van der Waals surface area contributed by atoms with Crippen molar-refractivity contribution < 1.29 is 9.59 Å². The van der Waals surface area contributed by atoms with E-state index in [4.69, 9.17) is 0 Å². The molecule has 1 saturated heterocycles. The smallest absolute Gasteiger partial charge is 0.325 e. The zero-order valence-electron chi connectivity index (χ0n) is 16.6. The van der Waals surface area contributed by atoms with Gasteiger partial charge < -0.3 is 10.2 Å². The van der Waals surface area contributed by atoms with Crippen LogP contribution in [-0.2, 0) is 11.3 Å². The van der Waals surface area contributed by atoms with Crippen LogP contribution in [0.15, 0.2) is 48.5 Å². The lowest BCUT2D eigenvalue weighted by atomic mass is 10.0. The molecule has 2 aromatic carbocycles. The van der Waals surface area contributed by atoms with Gasteiger partial charge in [-0.15, -0.1) is 11.3 Å². The monoisotopic (exact) mass is 408 g/mol. The number of para-hydroxylation sites is 1. The summed E-state index contributed by atoms with van der Waals surface area (Å²) in [5.74, 6) is 0.281. The second kappa shape index (κ2) is 8.21. The predicted molar refractivity (Wildman–Crippen MR) is 116 cm³/mol. The van der Waals surface area contributed by atoms with Gasteiger partial charge in [0.15, 0.2) is 0 Å². The average molecular weight is 409 g/mol. The zero-order chi connectivity index (χ0) is 20.4. The van der Waals surface area contributed by atoms with Crippen molar-refractivity contribution >= 4 is 39.2 Å². The number of hydrogen-bond donors (Lipinski definition) is 1. The maximum Gasteiger partial charge on any atom is 0.325 e. The van der Waals surface area contributed by atoms with Crippen LogP contribution in [0.25, 0.3) is 10.2 Å². The summed E-state index contributed by atoms with van der Waals surface area (Å²) in [6.45, 7) is 5.85. The number of carbonyl (C=O) groups excluding carboxylic acids is 2. The van der Waals surface area contributed by atoms with E-state index in [-0.39, 0.29) is 18.5 Å². The van der Waals surface area contributed by atoms with Crippen molar-refractivity contribution in [1.29, 1.82) is 0 Å². The summed E-state index contributed by atoms with van der Waals surface area (Å²) in [7, 11) is 0. The first-order valence-electron chi connectivity index (χ1n) is 9.79. The molecule has 0 bridgehead atoms. The second-order valence-corrected chi connectivity index (χ2v) is 8.57. The summed E-state index contributed by atoms with van der Waals surface area (Å²) in [6, 6.07) is 15.8. The van der Waals surface area contributed by atoms with Crippen LogP contribution in [0, 0.1) is 0 Å². The number of fused-ring (bicyclic) bond motifs is 1. The van der Waals surface area contributed by atoms with Crippen molar-refractivity contribution in [2.75, 3.05) is 24.5 Å². The van der Waals surface area contributed by atoms with Gasteiger partial charge in [-0.3, -0.25) is 9.69 Å². The highest BCUT2D eigenvalue weighted by Gasteiger charge is 2.30. The fourth-order valence-corrected chi connectivity index (χ4v) is 4.31. The second-order valence-electron chi connectivity index (χ2n) is 7.45. The Morgan fingerprint density at radius 1 is 1.14 bits per heavy atom. The number of rotatable bonds is 6. The fraction of sp³-hybridized carbons (Fsp3) is 0.318. The number of carbonyl (C=O) groups is 2. The molecule has 0 unspecified atom stereocenters. The van der Waals surface area contributed by atoms with Gasteiger partial charge in [0.05, 0.1) is 16.8 Å². The molecule has 7 heteroatoms. The quantitative estimate of drug-likeness (QED) is 0.671. The molecule has 0 atom stereocenters. The van der Waals surface area contributed by atoms with Crippen LogP contribution in [0.4, 0.5) is 10.5 Å². The number of aromatic nitrogens is 1. The molecule has 4 rings (SSSR count). The summed E-state index contributed by atoms with van der Waals surface area (Å²) in [6.07, 6.45) is 0. The Hall–Kier alpha value is -2.93. The van der Waals surface area contributed by atoms with E-state index in [9.17, 15) is 9.59 Å². The number of hydrogen-bond acceptors (Lipinski definition) is 4. The molecule has 3 aromatic rings. The van der Waals surface area contributed by atoms with Gasteiger partial charge in [-0.1, -0.05) is 38.1 Å². The molecule has 1 N–H and O–H groups in total. The van der Waals surface area contributed by atoms with Crippen LogP contribution in [0.5, 0.6) is 0 Å². The lowest BCUT2D eigenvalue weighted by Crippen LogP contribution is -2.39. The fourth-order valence-electron chi connectivity index (χ4n) is 3.41. The summed E-state index contributed by atoms with van der Waals surface area (Å²) in [5.41, 5.74) is 3.05. The first kappa shape index (κ1) is 19.4. The predicted octanol–water partition coefficient (Wildman–Crippen LogP) is 3.98. The molecule has 6 nitrogen and oxygen atoms in total. The molecule has 1 aromatic heterocycles. The molecule has 0 saturated carbocycles. The van der Waals surface area contributed by atoms with E-state index in [1.807, 2.05) is 36.4 Å². The van der Waals surface area contributed by atoms with Gasteiger partial charge in [-0.25, -0.2) is 9.78 Å². The van der Waals surface area contributed by atoms with E-state index >= 15 is 0 Å². The lowest BCUT2D eigenvalue weighted by molar-refractivity contribution is -0.121. The van der Waals surface area contributed by atoms with Crippen molar-refractivity contribution in [3.05, 3.63) is 59.1 Å². The van der Waals surface area contributed by atoms with Crippen molar-refractivity contribution in [1.82, 2.24) is 15.2 Å². The largest absolute Gasteiger partial charge is 0.348 e. The molecule has 29 heavy (non-hydrogen) atoms. The van der Waals surface area contributed by atoms with E-state index in [0.717, 1.165) is 20.9 Å². The number of thiazole rings is 1. The molecule has 150 valence electrons. The highest BCUT2D eigenvalue weighted by atomic mass is 32.1. The third-order valence-corrected chi connectivity index (χ3v) is 6.11. The highest BCUT2D eigenvalue weighted by molar-refractivity contribution is 7.18. The van der Waals surface area contributed by atoms with Crippen LogP contribution in [0.3, 0.4) is 0 Å². The van der Waals surface area contributed by atoms with Crippen molar-refractivity contribution in [2.45, 2.75) is 26.3 Å². The number of amides is 3. The Morgan fingerprint density at radius 3 is 2.62 bits per heavy atom. The van der Waals surface area contributed by atoms with Gasteiger partial charge in [0.1, 0.15) is 11.6 Å². The molecule has 3 amide bonds. The third kappa shape index (κ3) is 4.24. The number of urea groups is 1. The van der Waals surface area contributed by atoms with Crippen molar-refractivity contribution in [2.24, 2.45) is 0 Å². The summed E-state index contributed by atoms with van der Waals surface area (Å²) in [5, 5.41) is 3.74. The molecule has 1 aliphatic heterocycles. The summed E-state index contributed by atoms with van der Waals surface area (Å²) in [4.78, 5) is 32.9. The Kier molecular flexibility index (Phi) is 5.49. The molecule has 0 spiro atoms. The lowest BCUT2D eigenvalue weighted by Gasteiger charge is -2.19. The van der Waals surface area contributed by atoms with E-state index in [1.54, 1.807) is 21.1 Å². The van der Waals surface area contributed by atoms with E-state index < -0.39 is 0 Å². The number of nitrogens with zero attached hydrogens (tertiary/aromatic N) is 3. The number of nitrogens with one attached hydrogen (secondary N) is 1. The van der Waals surface area contributed by atoms with Crippen LogP contribution in [0.2, 0.25) is 0 Å². The Labute approximate surface area is 174 Å². The molecule has 0 radical (unpaired) electrons. The molecule has 1 aliphatic rings. The number of benzene rings is 2. The van der Waals surface area contributed by atoms with E-state index in [1.165, 1.54) is 5.56 Å². The maximum absolute atomic E-state index is 12.7. The zero-order valence-corrected chi connectivity index (χ0v) is 17.4. The first-order valence-corrected chi connectivity index (χ1v) is 10.6. The van der Waals surface area contributed by atoms with E-state index in [2.05, 4.69) is 36.3 Å². The normalized spacial score (nSPS) is 14.2. The molecular formula is C22H24N4O2S. The first-order chi connectivity index (χ1) is 14.0. The maximum atomic E-state index is 12.7. The molecule has 0 aliphatic carbocycles. The van der Waals surface area contributed by atoms with Gasteiger partial charge in [-0.2, -0.15) is 0 Å². The SMILES string of the molecule is CC(C)c1ccc(N2CCN(CC(=O)NCc3nc4ccccc4s3)C2=O)cc1. The van der Waals surface area contributed by atoms with Crippen LogP contribution in [0.1, 0.15) is 30.3 Å². The van der Waals surface area contributed by atoms with Crippen LogP contribution in [-0.4, -0.2) is 41.5 Å². The topological polar surface area (TPSA) is 65.5 Å². The minimum absolute atomic E-state index is 0.0598. The van der Waals surface area contributed by atoms with Gasteiger partial charge in [0, 0.05) is 18.8 Å². The minimum Gasteiger partial charge on any atom is -0.348 e. The Bertz CT molecular complexity index is 996. The molecule has 1 fully saturated rings. The van der Waals surface area contributed by atoms with Crippen LogP contribution >= 0.6 is 11.3 Å².